The van der Waals surface area contributed by atoms with Crippen molar-refractivity contribution in [3.05, 3.63) is 73.6 Å². The second kappa shape index (κ2) is 7.71. The number of non-ortho nitro benzene ring substituents is 1. The Labute approximate surface area is 159 Å². The number of halogens is 1. The number of nitro groups is 1. The molecule has 8 nitrogen and oxygen atoms in total. The summed E-state index contributed by atoms with van der Waals surface area (Å²) >= 11 is 5.96. The molecule has 0 N–H and O–H groups in total. The van der Waals surface area contributed by atoms with Crippen molar-refractivity contribution in [1.82, 2.24) is 9.47 Å². The number of Topliss-reactive ketones (excluding diaryl/α,β-unsaturated/α-hetero) is 1. The summed E-state index contributed by atoms with van der Waals surface area (Å²) in [6.45, 7) is 0.986. The topological polar surface area (TPSA) is 103 Å². The van der Waals surface area contributed by atoms with Crippen molar-refractivity contribution in [2.24, 2.45) is 0 Å². The van der Waals surface area contributed by atoms with Gasteiger partial charge in [0, 0.05) is 43.0 Å². The van der Waals surface area contributed by atoms with Crippen molar-refractivity contribution in [2.45, 2.75) is 18.9 Å². The molecule has 0 saturated carbocycles. The maximum atomic E-state index is 13.1. The molecule has 1 aromatic heterocycles. The third-order valence-electron chi connectivity index (χ3n) is 4.42. The van der Waals surface area contributed by atoms with Gasteiger partial charge in [-0.05, 0) is 18.9 Å². The van der Waals surface area contributed by atoms with Crippen molar-refractivity contribution in [3.63, 3.8) is 0 Å². The zero-order chi connectivity index (χ0) is 19.6. The lowest BCUT2D eigenvalue weighted by Crippen LogP contribution is -2.42. The van der Waals surface area contributed by atoms with Crippen LogP contribution < -0.4 is 5.56 Å². The number of rotatable bonds is 5. The van der Waals surface area contributed by atoms with Crippen LogP contribution in [0.25, 0.3) is 0 Å². The minimum atomic E-state index is -1.46. The van der Waals surface area contributed by atoms with E-state index in [0.717, 1.165) is 23.5 Å². The second-order valence-electron chi connectivity index (χ2n) is 6.20. The molecule has 1 saturated heterocycles. The highest BCUT2D eigenvalue weighted by Gasteiger charge is 2.35. The first-order valence-corrected chi connectivity index (χ1v) is 8.71. The molecule has 2 heterocycles. The smallest absolute Gasteiger partial charge is 0.270 e. The molecule has 1 fully saturated rings. The Bertz CT molecular complexity index is 965. The summed E-state index contributed by atoms with van der Waals surface area (Å²) in [5.41, 5.74) is -0.851. The summed E-state index contributed by atoms with van der Waals surface area (Å²) in [5.74, 6) is -1.21. The van der Waals surface area contributed by atoms with Gasteiger partial charge in [-0.3, -0.25) is 29.1 Å². The van der Waals surface area contributed by atoms with E-state index in [9.17, 15) is 24.5 Å². The predicted molar refractivity (Wildman–Crippen MR) is 98.0 cm³/mol. The Morgan fingerprint density at radius 1 is 1.15 bits per heavy atom. The molecule has 1 amide bonds. The van der Waals surface area contributed by atoms with Crippen molar-refractivity contribution in [2.75, 3.05) is 13.1 Å². The molecule has 1 atom stereocenters. The third kappa shape index (κ3) is 3.90. The SMILES string of the molecule is O=C(c1cccc([N+](=O)[O-])c1)C(C(=O)N1CCCC1)n1cc(Cl)ccc1=O. The Hall–Kier alpha value is -3.00. The zero-order valence-electron chi connectivity index (χ0n) is 14.2. The number of aromatic nitrogens is 1. The van der Waals surface area contributed by atoms with Gasteiger partial charge in [-0.25, -0.2) is 0 Å². The second-order valence-corrected chi connectivity index (χ2v) is 6.64. The summed E-state index contributed by atoms with van der Waals surface area (Å²) in [6.07, 6.45) is 2.86. The number of benzene rings is 1. The fraction of sp³-hybridized carbons (Fsp3) is 0.278. The van der Waals surface area contributed by atoms with E-state index in [0.29, 0.717) is 13.1 Å². The Balaban J connectivity index is 2.08. The minimum Gasteiger partial charge on any atom is -0.340 e. The standard InChI is InChI=1S/C18H16ClN3O5/c19-13-6-7-15(23)21(11-13)16(18(25)20-8-1-2-9-20)17(24)12-4-3-5-14(10-12)22(26)27/h3-7,10-11,16H,1-2,8-9H2. The van der Waals surface area contributed by atoms with E-state index < -0.39 is 28.2 Å². The van der Waals surface area contributed by atoms with E-state index in [2.05, 4.69) is 0 Å². The lowest BCUT2D eigenvalue weighted by molar-refractivity contribution is -0.384. The van der Waals surface area contributed by atoms with E-state index in [1.54, 1.807) is 0 Å². The first-order valence-electron chi connectivity index (χ1n) is 8.33. The number of nitrogens with zero attached hydrogens (tertiary/aromatic N) is 3. The van der Waals surface area contributed by atoms with Gasteiger partial charge in [-0.15, -0.1) is 0 Å². The molecule has 140 valence electrons. The highest BCUT2D eigenvalue weighted by Crippen LogP contribution is 2.23. The fourth-order valence-corrected chi connectivity index (χ4v) is 3.24. The number of nitro benzene ring substituents is 1. The molecular weight excluding hydrogens is 374 g/mol. The molecule has 0 bridgehead atoms. The predicted octanol–water partition coefficient (Wildman–Crippen LogP) is 2.46. The van der Waals surface area contributed by atoms with Crippen LogP contribution in [-0.4, -0.2) is 39.2 Å². The van der Waals surface area contributed by atoms with E-state index >= 15 is 0 Å². The van der Waals surface area contributed by atoms with Crippen LogP contribution in [0.2, 0.25) is 5.02 Å². The van der Waals surface area contributed by atoms with Crippen molar-refractivity contribution in [3.8, 4) is 0 Å². The minimum absolute atomic E-state index is 0.0198. The number of pyridine rings is 1. The molecule has 9 heteroatoms. The van der Waals surface area contributed by atoms with E-state index in [1.807, 2.05) is 0 Å². The number of hydrogen-bond donors (Lipinski definition) is 0. The van der Waals surface area contributed by atoms with Gasteiger partial charge < -0.3 is 4.90 Å². The highest BCUT2D eigenvalue weighted by atomic mass is 35.5. The molecule has 1 aromatic carbocycles. The molecule has 0 aliphatic carbocycles. The van der Waals surface area contributed by atoms with Gasteiger partial charge in [0.25, 0.3) is 17.2 Å². The van der Waals surface area contributed by atoms with E-state index in [4.69, 9.17) is 11.6 Å². The van der Waals surface area contributed by atoms with Gasteiger partial charge in [-0.1, -0.05) is 23.7 Å². The normalized spacial score (nSPS) is 14.8. The van der Waals surface area contributed by atoms with Gasteiger partial charge in [0.15, 0.2) is 11.8 Å². The average Bonchev–Trinajstić information content (AvgIpc) is 3.19. The van der Waals surface area contributed by atoms with Gasteiger partial charge in [0.1, 0.15) is 0 Å². The number of ketones is 1. The molecular formula is C18H16ClN3O5. The summed E-state index contributed by atoms with van der Waals surface area (Å²) in [5, 5.41) is 11.2. The molecule has 1 unspecified atom stereocenters. The maximum Gasteiger partial charge on any atom is 0.270 e. The number of carbonyl (C=O) groups excluding carboxylic acids is 2. The molecule has 0 radical (unpaired) electrons. The summed E-state index contributed by atoms with van der Waals surface area (Å²) in [6, 6.07) is 6.18. The first-order chi connectivity index (χ1) is 12.9. The number of carbonyl (C=O) groups is 2. The fourth-order valence-electron chi connectivity index (χ4n) is 3.08. The van der Waals surface area contributed by atoms with Gasteiger partial charge in [-0.2, -0.15) is 0 Å². The summed E-state index contributed by atoms with van der Waals surface area (Å²) in [7, 11) is 0. The van der Waals surface area contributed by atoms with Crippen molar-refractivity contribution < 1.29 is 14.5 Å². The monoisotopic (exact) mass is 389 g/mol. The highest BCUT2D eigenvalue weighted by molar-refractivity contribution is 6.30. The number of hydrogen-bond acceptors (Lipinski definition) is 5. The van der Waals surface area contributed by atoms with Crippen LogP contribution in [-0.2, 0) is 4.79 Å². The van der Waals surface area contributed by atoms with Crippen LogP contribution in [0.15, 0.2) is 47.4 Å². The molecule has 3 rings (SSSR count). The Kier molecular flexibility index (Phi) is 5.36. The van der Waals surface area contributed by atoms with Crippen molar-refractivity contribution in [1.29, 1.82) is 0 Å². The lowest BCUT2D eigenvalue weighted by Gasteiger charge is -2.24. The molecule has 27 heavy (non-hydrogen) atoms. The lowest BCUT2D eigenvalue weighted by atomic mass is 10.0. The summed E-state index contributed by atoms with van der Waals surface area (Å²) < 4.78 is 0.990. The maximum absolute atomic E-state index is 13.1. The van der Waals surface area contributed by atoms with Crippen LogP contribution in [0, 0.1) is 10.1 Å². The van der Waals surface area contributed by atoms with E-state index in [1.165, 1.54) is 41.4 Å². The largest absolute Gasteiger partial charge is 0.340 e. The van der Waals surface area contributed by atoms with Crippen LogP contribution in [0.4, 0.5) is 5.69 Å². The van der Waals surface area contributed by atoms with Gasteiger partial charge >= 0.3 is 0 Å². The van der Waals surface area contributed by atoms with Crippen LogP contribution in [0.3, 0.4) is 0 Å². The zero-order valence-corrected chi connectivity index (χ0v) is 15.0. The Morgan fingerprint density at radius 2 is 1.85 bits per heavy atom. The molecule has 2 aromatic rings. The van der Waals surface area contributed by atoms with Crippen LogP contribution in [0.1, 0.15) is 29.2 Å². The molecule has 0 spiro atoms. The number of amides is 1. The number of likely N-dealkylation sites (tertiary alicyclic amines) is 1. The quantitative estimate of drug-likeness (QED) is 0.338. The van der Waals surface area contributed by atoms with Crippen LogP contribution in [0.5, 0.6) is 0 Å². The Morgan fingerprint density at radius 3 is 2.52 bits per heavy atom. The average molecular weight is 390 g/mol. The van der Waals surface area contributed by atoms with Gasteiger partial charge in [0.05, 0.1) is 9.95 Å². The third-order valence-corrected chi connectivity index (χ3v) is 4.65. The molecule has 1 aliphatic heterocycles. The van der Waals surface area contributed by atoms with Gasteiger partial charge in [0.2, 0.25) is 0 Å². The van der Waals surface area contributed by atoms with Crippen LogP contribution >= 0.6 is 11.6 Å². The van der Waals surface area contributed by atoms with Crippen molar-refractivity contribution >= 4 is 29.0 Å². The van der Waals surface area contributed by atoms with E-state index in [-0.39, 0.29) is 16.3 Å². The first kappa shape index (κ1) is 18.8. The summed E-state index contributed by atoms with van der Waals surface area (Å²) in [4.78, 5) is 50.3. The molecule has 1 aliphatic rings.